The van der Waals surface area contributed by atoms with Crippen molar-refractivity contribution in [3.05, 3.63) is 28.2 Å². The highest BCUT2D eigenvalue weighted by molar-refractivity contribution is 9.10. The number of nitrogens with zero attached hydrogens (tertiary/aromatic N) is 1. The topological polar surface area (TPSA) is 52.6 Å². The van der Waals surface area contributed by atoms with Crippen LogP contribution in [-0.2, 0) is 11.4 Å². The van der Waals surface area contributed by atoms with Gasteiger partial charge in [-0.1, -0.05) is 6.07 Å². The number of likely N-dealkylation sites (N-methyl/N-ethyl adjacent to an activating group) is 2. The van der Waals surface area contributed by atoms with Crippen LogP contribution in [0.25, 0.3) is 0 Å². The first kappa shape index (κ1) is 15.0. The number of carbonyl (C=O) groups is 1. The molecule has 100 valence electrons. The number of nitrogens with one attached hydrogen (secondary N) is 1. The summed E-state index contributed by atoms with van der Waals surface area (Å²) in [6.07, 6.45) is 0. The minimum Gasteiger partial charge on any atom is -0.392 e. The molecule has 1 aromatic rings. The molecule has 0 saturated heterocycles. The first-order valence-corrected chi connectivity index (χ1v) is 6.82. The van der Waals surface area contributed by atoms with E-state index >= 15 is 0 Å². The summed E-state index contributed by atoms with van der Waals surface area (Å²) >= 11 is 3.47. The van der Waals surface area contributed by atoms with Crippen molar-refractivity contribution in [2.45, 2.75) is 20.5 Å². The van der Waals surface area contributed by atoms with Gasteiger partial charge in [0.15, 0.2) is 0 Å². The highest BCUT2D eigenvalue weighted by atomic mass is 79.9. The Kier molecular flexibility index (Phi) is 6.15. The summed E-state index contributed by atoms with van der Waals surface area (Å²) in [6.45, 7) is 5.64. The Hall–Kier alpha value is -1.07. The van der Waals surface area contributed by atoms with Crippen LogP contribution in [-0.4, -0.2) is 30.6 Å². The Morgan fingerprint density at radius 3 is 2.67 bits per heavy atom. The van der Waals surface area contributed by atoms with Crippen LogP contribution >= 0.6 is 15.9 Å². The van der Waals surface area contributed by atoms with Crippen molar-refractivity contribution in [3.63, 3.8) is 0 Å². The van der Waals surface area contributed by atoms with Gasteiger partial charge in [-0.3, -0.25) is 4.79 Å². The second-order valence-electron chi connectivity index (χ2n) is 3.91. The number of hydrogen-bond donors (Lipinski definition) is 2. The van der Waals surface area contributed by atoms with E-state index in [9.17, 15) is 4.79 Å². The van der Waals surface area contributed by atoms with E-state index < -0.39 is 0 Å². The summed E-state index contributed by atoms with van der Waals surface area (Å²) in [5, 5.41) is 11.9. The third kappa shape index (κ3) is 3.99. The van der Waals surface area contributed by atoms with Crippen molar-refractivity contribution < 1.29 is 9.90 Å². The highest BCUT2D eigenvalue weighted by Crippen LogP contribution is 2.27. The van der Waals surface area contributed by atoms with Crippen LogP contribution in [0.3, 0.4) is 0 Å². The zero-order chi connectivity index (χ0) is 13.5. The summed E-state index contributed by atoms with van der Waals surface area (Å²) in [7, 11) is 0. The molecule has 1 rings (SSSR count). The lowest BCUT2D eigenvalue weighted by molar-refractivity contribution is -0.119. The van der Waals surface area contributed by atoms with Gasteiger partial charge in [0, 0.05) is 17.6 Å². The lowest BCUT2D eigenvalue weighted by atomic mass is 10.2. The minimum atomic E-state index is 0.0116. The quantitative estimate of drug-likeness (QED) is 0.843. The van der Waals surface area contributed by atoms with Gasteiger partial charge >= 0.3 is 0 Å². The number of aliphatic hydroxyl groups excluding tert-OH is 1. The molecule has 0 radical (unpaired) electrons. The molecule has 0 spiro atoms. The molecule has 0 aliphatic rings. The molecule has 0 bridgehead atoms. The maximum Gasteiger partial charge on any atom is 0.239 e. The molecule has 0 atom stereocenters. The molecule has 0 aromatic heterocycles. The third-order valence-electron chi connectivity index (χ3n) is 2.63. The first-order valence-electron chi connectivity index (χ1n) is 6.03. The van der Waals surface area contributed by atoms with Crippen molar-refractivity contribution in [2.75, 3.05) is 24.5 Å². The van der Waals surface area contributed by atoms with Gasteiger partial charge in [0.25, 0.3) is 0 Å². The Morgan fingerprint density at radius 2 is 2.17 bits per heavy atom. The summed E-state index contributed by atoms with van der Waals surface area (Å²) in [5.74, 6) is 0.0116. The van der Waals surface area contributed by atoms with E-state index in [4.69, 9.17) is 5.11 Å². The zero-order valence-corrected chi connectivity index (χ0v) is 12.3. The summed E-state index contributed by atoms with van der Waals surface area (Å²) in [5.41, 5.74) is 1.81. The fraction of sp³-hybridized carbons (Fsp3) is 0.462. The van der Waals surface area contributed by atoms with Crippen LogP contribution in [0, 0.1) is 0 Å². The monoisotopic (exact) mass is 314 g/mol. The Labute approximate surface area is 116 Å². The van der Waals surface area contributed by atoms with E-state index in [0.717, 1.165) is 22.3 Å². The molecule has 0 saturated carbocycles. The fourth-order valence-electron chi connectivity index (χ4n) is 1.70. The number of halogens is 1. The van der Waals surface area contributed by atoms with Gasteiger partial charge in [0.1, 0.15) is 0 Å². The number of rotatable bonds is 6. The number of benzene rings is 1. The van der Waals surface area contributed by atoms with Crippen LogP contribution in [0.1, 0.15) is 19.4 Å². The zero-order valence-electron chi connectivity index (χ0n) is 10.7. The number of hydrogen-bond acceptors (Lipinski definition) is 3. The van der Waals surface area contributed by atoms with Gasteiger partial charge in [-0.25, -0.2) is 0 Å². The molecule has 0 unspecified atom stereocenters. The molecule has 0 aliphatic heterocycles. The number of aliphatic hydroxyl groups is 1. The number of amides is 1. The second-order valence-corrected chi connectivity index (χ2v) is 4.77. The van der Waals surface area contributed by atoms with Crippen molar-refractivity contribution >= 4 is 27.5 Å². The maximum absolute atomic E-state index is 11.6. The average molecular weight is 315 g/mol. The van der Waals surface area contributed by atoms with E-state index in [1.807, 2.05) is 36.9 Å². The minimum absolute atomic E-state index is 0.0116. The van der Waals surface area contributed by atoms with E-state index in [1.54, 1.807) is 0 Å². The largest absolute Gasteiger partial charge is 0.392 e. The standard InChI is InChI=1S/C13H19BrN2O2/c1-3-15-13(18)8-16(4-2)12-6-5-10(9-17)7-11(12)14/h5-7,17H,3-4,8-9H2,1-2H3,(H,15,18). The molecule has 5 heteroatoms. The van der Waals surface area contributed by atoms with Crippen LogP contribution in [0.2, 0.25) is 0 Å². The lowest BCUT2D eigenvalue weighted by Crippen LogP contribution is -2.37. The van der Waals surface area contributed by atoms with Crippen molar-refractivity contribution in [3.8, 4) is 0 Å². The van der Waals surface area contributed by atoms with E-state index in [-0.39, 0.29) is 12.5 Å². The lowest BCUT2D eigenvalue weighted by Gasteiger charge is -2.24. The maximum atomic E-state index is 11.6. The van der Waals surface area contributed by atoms with Crippen LogP contribution in [0.5, 0.6) is 0 Å². The molecule has 1 aromatic carbocycles. The smallest absolute Gasteiger partial charge is 0.239 e. The Morgan fingerprint density at radius 1 is 1.44 bits per heavy atom. The molecule has 2 N–H and O–H groups in total. The van der Waals surface area contributed by atoms with Gasteiger partial charge in [0.2, 0.25) is 5.91 Å². The Bertz CT molecular complexity index is 410. The van der Waals surface area contributed by atoms with Gasteiger partial charge in [-0.05, 0) is 47.5 Å². The van der Waals surface area contributed by atoms with Crippen molar-refractivity contribution in [1.29, 1.82) is 0 Å². The molecular weight excluding hydrogens is 296 g/mol. The average Bonchev–Trinajstić information content (AvgIpc) is 2.36. The van der Waals surface area contributed by atoms with Crippen LogP contribution < -0.4 is 10.2 Å². The molecule has 0 fully saturated rings. The fourth-order valence-corrected chi connectivity index (χ4v) is 2.38. The van der Waals surface area contributed by atoms with E-state index in [1.165, 1.54) is 0 Å². The predicted molar refractivity (Wildman–Crippen MR) is 76.6 cm³/mol. The van der Waals surface area contributed by atoms with Gasteiger partial charge < -0.3 is 15.3 Å². The molecular formula is C13H19BrN2O2. The van der Waals surface area contributed by atoms with Gasteiger partial charge in [-0.2, -0.15) is 0 Å². The second kappa shape index (κ2) is 7.38. The number of anilines is 1. The predicted octanol–water partition coefficient (Wildman–Crippen LogP) is 1.90. The molecule has 18 heavy (non-hydrogen) atoms. The molecule has 1 amide bonds. The van der Waals surface area contributed by atoms with Crippen molar-refractivity contribution in [1.82, 2.24) is 5.32 Å². The third-order valence-corrected chi connectivity index (χ3v) is 3.26. The Balaban J connectivity index is 2.85. The SMILES string of the molecule is CCNC(=O)CN(CC)c1ccc(CO)cc1Br. The van der Waals surface area contributed by atoms with Crippen LogP contribution in [0.4, 0.5) is 5.69 Å². The summed E-state index contributed by atoms with van der Waals surface area (Å²) < 4.78 is 0.889. The molecule has 0 aliphatic carbocycles. The highest BCUT2D eigenvalue weighted by Gasteiger charge is 2.12. The van der Waals surface area contributed by atoms with Crippen molar-refractivity contribution in [2.24, 2.45) is 0 Å². The molecule has 4 nitrogen and oxygen atoms in total. The molecule has 0 heterocycles. The summed E-state index contributed by atoms with van der Waals surface area (Å²) in [6, 6.07) is 5.65. The first-order chi connectivity index (χ1) is 8.62. The summed E-state index contributed by atoms with van der Waals surface area (Å²) in [4.78, 5) is 13.6. The van der Waals surface area contributed by atoms with E-state index in [0.29, 0.717) is 13.1 Å². The normalized spacial score (nSPS) is 10.2. The van der Waals surface area contributed by atoms with E-state index in [2.05, 4.69) is 21.2 Å². The van der Waals surface area contributed by atoms with Gasteiger partial charge in [0.05, 0.1) is 18.8 Å². The van der Waals surface area contributed by atoms with Gasteiger partial charge in [-0.15, -0.1) is 0 Å². The van der Waals surface area contributed by atoms with Crippen LogP contribution in [0.15, 0.2) is 22.7 Å². The number of carbonyl (C=O) groups excluding carboxylic acids is 1.